The number of benzene rings is 1. The molecule has 1 aliphatic heterocycles. The van der Waals surface area contributed by atoms with Crippen LogP contribution in [0.4, 0.5) is 0 Å². The van der Waals surface area contributed by atoms with Gasteiger partial charge in [0.05, 0.1) is 5.56 Å². The summed E-state index contributed by atoms with van der Waals surface area (Å²) in [6, 6.07) is 10.9. The first-order chi connectivity index (χ1) is 13.5. The lowest BCUT2D eigenvalue weighted by molar-refractivity contribution is -0.122. The molecule has 6 nitrogen and oxygen atoms in total. The van der Waals surface area contributed by atoms with Gasteiger partial charge in [0.1, 0.15) is 0 Å². The van der Waals surface area contributed by atoms with Gasteiger partial charge in [0.15, 0.2) is 5.78 Å². The molecule has 0 unspecified atom stereocenters. The van der Waals surface area contributed by atoms with Crippen LogP contribution < -0.4 is 5.32 Å². The van der Waals surface area contributed by atoms with Crippen molar-refractivity contribution in [1.29, 1.82) is 0 Å². The van der Waals surface area contributed by atoms with Crippen molar-refractivity contribution in [1.82, 2.24) is 15.2 Å². The summed E-state index contributed by atoms with van der Waals surface area (Å²) >= 11 is 0. The average Bonchev–Trinajstić information content (AvgIpc) is 2.73. The summed E-state index contributed by atoms with van der Waals surface area (Å²) < 4.78 is 0. The summed E-state index contributed by atoms with van der Waals surface area (Å²) in [5.41, 5.74) is 2.32. The average molecular weight is 379 g/mol. The number of piperidine rings is 1. The van der Waals surface area contributed by atoms with Crippen molar-refractivity contribution < 1.29 is 14.4 Å². The fraction of sp³-hybridized carbons (Fsp3) is 0.364. The van der Waals surface area contributed by atoms with Gasteiger partial charge in [-0.3, -0.25) is 19.4 Å². The second-order valence-electron chi connectivity index (χ2n) is 7.16. The molecule has 0 aliphatic carbocycles. The Hall–Kier alpha value is -3.02. The van der Waals surface area contributed by atoms with Crippen molar-refractivity contribution >= 4 is 17.6 Å². The number of nitrogens with one attached hydrogen (secondary N) is 1. The molecule has 1 N–H and O–H groups in total. The topological polar surface area (TPSA) is 79.4 Å². The molecule has 1 aliphatic rings. The minimum Gasteiger partial charge on any atom is -0.353 e. The number of aryl methyl sites for hydroxylation is 1. The van der Waals surface area contributed by atoms with Crippen molar-refractivity contribution in [3.05, 3.63) is 65.5 Å². The molecule has 2 heterocycles. The third-order valence-electron chi connectivity index (χ3n) is 5.01. The van der Waals surface area contributed by atoms with Crippen molar-refractivity contribution in [2.75, 3.05) is 13.1 Å². The Morgan fingerprint density at radius 3 is 2.39 bits per heavy atom. The largest absolute Gasteiger partial charge is 0.353 e. The van der Waals surface area contributed by atoms with Crippen LogP contribution in [0.25, 0.3) is 0 Å². The molecule has 0 saturated carbocycles. The Morgan fingerprint density at radius 2 is 1.75 bits per heavy atom. The van der Waals surface area contributed by atoms with Crippen molar-refractivity contribution in [3.63, 3.8) is 0 Å². The lowest BCUT2D eigenvalue weighted by Crippen LogP contribution is -2.46. The number of aromatic nitrogens is 1. The number of pyridine rings is 1. The molecule has 1 fully saturated rings. The minimum atomic E-state index is -0.113. The Morgan fingerprint density at radius 1 is 1.04 bits per heavy atom. The first kappa shape index (κ1) is 19.7. The number of amides is 2. The Bertz CT molecular complexity index is 826. The van der Waals surface area contributed by atoms with E-state index in [9.17, 15) is 14.4 Å². The minimum absolute atomic E-state index is 0.0213. The first-order valence-electron chi connectivity index (χ1n) is 9.61. The van der Waals surface area contributed by atoms with Crippen LogP contribution in [0.15, 0.2) is 48.8 Å². The van der Waals surface area contributed by atoms with E-state index in [1.807, 2.05) is 19.1 Å². The van der Waals surface area contributed by atoms with Crippen LogP contribution in [-0.4, -0.2) is 46.6 Å². The monoisotopic (exact) mass is 379 g/mol. The normalized spacial score (nSPS) is 14.5. The Kier molecular flexibility index (Phi) is 6.53. The molecule has 146 valence electrons. The highest BCUT2D eigenvalue weighted by molar-refractivity contribution is 5.98. The number of hydrogen-bond acceptors (Lipinski definition) is 4. The van der Waals surface area contributed by atoms with E-state index in [1.54, 1.807) is 41.6 Å². The second-order valence-corrected chi connectivity index (χ2v) is 7.16. The highest BCUT2D eigenvalue weighted by Crippen LogP contribution is 2.14. The maximum atomic E-state index is 12.4. The highest BCUT2D eigenvalue weighted by Gasteiger charge is 2.24. The molecule has 1 aromatic carbocycles. The van der Waals surface area contributed by atoms with Gasteiger partial charge in [-0.2, -0.15) is 0 Å². The third-order valence-corrected chi connectivity index (χ3v) is 5.01. The Labute approximate surface area is 165 Å². The van der Waals surface area contributed by atoms with Crippen molar-refractivity contribution in [2.24, 2.45) is 0 Å². The van der Waals surface area contributed by atoms with Gasteiger partial charge in [0, 0.05) is 49.9 Å². The molecule has 0 atom stereocenters. The number of carbonyl (C=O) groups excluding carboxylic acids is 3. The van der Waals surface area contributed by atoms with Crippen LogP contribution in [0.5, 0.6) is 0 Å². The van der Waals surface area contributed by atoms with E-state index in [0.29, 0.717) is 37.1 Å². The number of likely N-dealkylation sites (tertiary alicyclic amines) is 1. The SMILES string of the molecule is Cc1ccc(C(=O)CCC(=O)NC2CCN(C(=O)c3cccnc3)CC2)cc1. The smallest absolute Gasteiger partial charge is 0.255 e. The number of carbonyl (C=O) groups is 3. The van der Waals surface area contributed by atoms with Gasteiger partial charge in [-0.05, 0) is 31.9 Å². The van der Waals surface area contributed by atoms with Gasteiger partial charge in [-0.25, -0.2) is 0 Å². The van der Waals surface area contributed by atoms with Crippen LogP contribution in [0.2, 0.25) is 0 Å². The van der Waals surface area contributed by atoms with Crippen molar-refractivity contribution in [2.45, 2.75) is 38.6 Å². The number of nitrogens with zero attached hydrogens (tertiary/aromatic N) is 2. The van der Waals surface area contributed by atoms with E-state index >= 15 is 0 Å². The number of rotatable bonds is 6. The molecule has 2 aromatic rings. The van der Waals surface area contributed by atoms with Crippen LogP contribution in [-0.2, 0) is 4.79 Å². The van der Waals surface area contributed by atoms with Gasteiger partial charge in [0.25, 0.3) is 5.91 Å². The van der Waals surface area contributed by atoms with Gasteiger partial charge in [-0.1, -0.05) is 29.8 Å². The van der Waals surface area contributed by atoms with E-state index in [2.05, 4.69) is 10.3 Å². The fourth-order valence-electron chi connectivity index (χ4n) is 3.31. The summed E-state index contributed by atoms with van der Waals surface area (Å²) in [6.07, 6.45) is 5.02. The molecule has 0 spiro atoms. The van der Waals surface area contributed by atoms with Gasteiger partial charge >= 0.3 is 0 Å². The Balaban J connectivity index is 1.40. The summed E-state index contributed by atoms with van der Waals surface area (Å²) in [5.74, 6) is -0.161. The maximum absolute atomic E-state index is 12.4. The number of Topliss-reactive ketones (excluding diaryl/α,β-unsaturated/α-hetero) is 1. The van der Waals surface area contributed by atoms with E-state index < -0.39 is 0 Å². The van der Waals surface area contributed by atoms with E-state index in [4.69, 9.17) is 0 Å². The molecule has 0 bridgehead atoms. The molecule has 1 aromatic heterocycles. The lowest BCUT2D eigenvalue weighted by Gasteiger charge is -2.32. The quantitative estimate of drug-likeness (QED) is 0.783. The zero-order chi connectivity index (χ0) is 19.9. The number of ketones is 1. The molecular formula is C22H25N3O3. The summed E-state index contributed by atoms with van der Waals surface area (Å²) in [4.78, 5) is 42.6. The summed E-state index contributed by atoms with van der Waals surface area (Å²) in [6.45, 7) is 3.17. The highest BCUT2D eigenvalue weighted by atomic mass is 16.2. The molecule has 6 heteroatoms. The predicted molar refractivity (Wildman–Crippen MR) is 106 cm³/mol. The van der Waals surface area contributed by atoms with Gasteiger partial charge < -0.3 is 10.2 Å². The molecular weight excluding hydrogens is 354 g/mol. The number of hydrogen-bond donors (Lipinski definition) is 1. The summed E-state index contributed by atoms with van der Waals surface area (Å²) in [7, 11) is 0. The first-order valence-corrected chi connectivity index (χ1v) is 9.61. The fourth-order valence-corrected chi connectivity index (χ4v) is 3.31. The predicted octanol–water partition coefficient (Wildman–Crippen LogP) is 2.77. The zero-order valence-electron chi connectivity index (χ0n) is 16.1. The molecule has 0 radical (unpaired) electrons. The van der Waals surface area contributed by atoms with Crippen LogP contribution in [0.1, 0.15) is 52.0 Å². The zero-order valence-corrected chi connectivity index (χ0v) is 16.1. The van der Waals surface area contributed by atoms with E-state index in [0.717, 1.165) is 5.56 Å². The van der Waals surface area contributed by atoms with Crippen molar-refractivity contribution in [3.8, 4) is 0 Å². The van der Waals surface area contributed by atoms with Crippen LogP contribution >= 0.6 is 0 Å². The molecule has 2 amide bonds. The van der Waals surface area contributed by atoms with E-state index in [-0.39, 0.29) is 36.5 Å². The lowest BCUT2D eigenvalue weighted by atomic mass is 10.0. The van der Waals surface area contributed by atoms with Gasteiger partial charge in [0.2, 0.25) is 5.91 Å². The van der Waals surface area contributed by atoms with E-state index in [1.165, 1.54) is 0 Å². The second kappa shape index (κ2) is 9.26. The molecule has 3 rings (SSSR count). The maximum Gasteiger partial charge on any atom is 0.255 e. The molecule has 1 saturated heterocycles. The third kappa shape index (κ3) is 5.25. The summed E-state index contributed by atoms with van der Waals surface area (Å²) in [5, 5.41) is 2.99. The van der Waals surface area contributed by atoms with Crippen LogP contribution in [0.3, 0.4) is 0 Å². The van der Waals surface area contributed by atoms with Crippen LogP contribution in [0, 0.1) is 6.92 Å². The van der Waals surface area contributed by atoms with Gasteiger partial charge in [-0.15, -0.1) is 0 Å². The standard InChI is InChI=1S/C22H25N3O3/c1-16-4-6-17(7-5-16)20(26)8-9-21(27)24-19-10-13-25(14-11-19)22(28)18-3-2-12-23-15-18/h2-7,12,15,19H,8-11,13-14H2,1H3,(H,24,27). The molecule has 28 heavy (non-hydrogen) atoms.